The first kappa shape index (κ1) is 19.5. The molecule has 1 saturated heterocycles. The molecule has 1 atom stereocenters. The molecule has 27 heavy (non-hydrogen) atoms. The van der Waals surface area contributed by atoms with Gasteiger partial charge < -0.3 is 9.80 Å². The fourth-order valence-corrected chi connectivity index (χ4v) is 3.26. The van der Waals surface area contributed by atoms with Crippen LogP contribution in [0.5, 0.6) is 0 Å². The minimum atomic E-state index is -0.0803. The summed E-state index contributed by atoms with van der Waals surface area (Å²) in [6.45, 7) is 18.1. The minimum absolute atomic E-state index is 0.00917. The molecule has 1 aliphatic heterocycles. The van der Waals surface area contributed by atoms with E-state index in [1.54, 1.807) is 12.4 Å². The van der Waals surface area contributed by atoms with Crippen molar-refractivity contribution in [2.45, 2.75) is 65.3 Å². The molecule has 1 fully saturated rings. The van der Waals surface area contributed by atoms with E-state index in [0.717, 1.165) is 42.8 Å². The van der Waals surface area contributed by atoms with Gasteiger partial charge in [0.15, 0.2) is 0 Å². The predicted octanol–water partition coefficient (Wildman–Crippen LogP) is 3.58. The average Bonchev–Trinajstić information content (AvgIpc) is 2.60. The number of aromatic nitrogens is 4. The number of anilines is 2. The minimum Gasteiger partial charge on any atom is -0.353 e. The van der Waals surface area contributed by atoms with Crippen LogP contribution in [0.1, 0.15) is 60.0 Å². The number of hydrogen-bond donors (Lipinski definition) is 0. The summed E-state index contributed by atoms with van der Waals surface area (Å²) >= 11 is 0. The van der Waals surface area contributed by atoms with Gasteiger partial charge in [0.1, 0.15) is 17.5 Å². The fraction of sp³-hybridized carbons (Fsp3) is 0.619. The van der Waals surface area contributed by atoms with Crippen molar-refractivity contribution in [3.8, 4) is 0 Å². The highest BCUT2D eigenvalue weighted by molar-refractivity contribution is 5.47. The van der Waals surface area contributed by atoms with Gasteiger partial charge in [-0.3, -0.25) is 4.98 Å². The molecule has 0 radical (unpaired) electrons. The normalized spacial score (nSPS) is 18.7. The standard InChI is InChI=1S/C21H32N6/c1-15-14-26(10-11-27(15)18-13-22-8-9-23-18)17-12-16(20(2,3)4)24-19(25-17)21(5,6)7/h8-9,12-13,15H,10-11,14H2,1-7H3. The van der Waals surface area contributed by atoms with Crippen LogP contribution in [-0.2, 0) is 10.8 Å². The SMILES string of the molecule is CC1CN(c2cc(C(C)(C)C)nc(C(C)(C)C)n2)CCN1c1cnccn1. The molecule has 0 aromatic carbocycles. The topological polar surface area (TPSA) is 58.0 Å². The Balaban J connectivity index is 1.89. The summed E-state index contributed by atoms with van der Waals surface area (Å²) in [4.78, 5) is 23.2. The molecule has 1 unspecified atom stereocenters. The molecule has 2 aromatic heterocycles. The monoisotopic (exact) mass is 368 g/mol. The van der Waals surface area contributed by atoms with Crippen molar-refractivity contribution in [1.29, 1.82) is 0 Å². The number of nitrogens with zero attached hydrogens (tertiary/aromatic N) is 6. The number of hydrogen-bond acceptors (Lipinski definition) is 6. The molecule has 146 valence electrons. The lowest BCUT2D eigenvalue weighted by Gasteiger charge is -2.41. The molecule has 0 N–H and O–H groups in total. The van der Waals surface area contributed by atoms with Crippen molar-refractivity contribution in [2.75, 3.05) is 29.4 Å². The van der Waals surface area contributed by atoms with Crippen LogP contribution in [0.25, 0.3) is 0 Å². The van der Waals surface area contributed by atoms with Gasteiger partial charge >= 0.3 is 0 Å². The van der Waals surface area contributed by atoms with E-state index in [4.69, 9.17) is 9.97 Å². The first-order valence-electron chi connectivity index (χ1n) is 9.73. The van der Waals surface area contributed by atoms with Crippen molar-refractivity contribution in [2.24, 2.45) is 0 Å². The third-order valence-electron chi connectivity index (χ3n) is 4.95. The van der Waals surface area contributed by atoms with Gasteiger partial charge in [0.2, 0.25) is 0 Å². The van der Waals surface area contributed by atoms with Crippen LogP contribution in [0.3, 0.4) is 0 Å². The maximum absolute atomic E-state index is 4.94. The largest absolute Gasteiger partial charge is 0.353 e. The van der Waals surface area contributed by atoms with Crippen LogP contribution in [-0.4, -0.2) is 45.6 Å². The molecule has 0 saturated carbocycles. The predicted molar refractivity (Wildman–Crippen MR) is 110 cm³/mol. The van der Waals surface area contributed by atoms with Crippen LogP contribution in [0.2, 0.25) is 0 Å². The lowest BCUT2D eigenvalue weighted by molar-refractivity contribution is 0.504. The van der Waals surface area contributed by atoms with Crippen LogP contribution < -0.4 is 9.80 Å². The van der Waals surface area contributed by atoms with Gasteiger partial charge in [0.05, 0.1) is 11.9 Å². The van der Waals surface area contributed by atoms with Gasteiger partial charge in [-0.2, -0.15) is 0 Å². The van der Waals surface area contributed by atoms with Gasteiger partial charge in [0.25, 0.3) is 0 Å². The summed E-state index contributed by atoms with van der Waals surface area (Å²) < 4.78 is 0. The Morgan fingerprint density at radius 3 is 2.22 bits per heavy atom. The molecule has 0 aliphatic carbocycles. The second kappa shape index (κ2) is 7.06. The lowest BCUT2D eigenvalue weighted by atomic mass is 9.90. The van der Waals surface area contributed by atoms with Gasteiger partial charge in [-0.05, 0) is 6.92 Å². The van der Waals surface area contributed by atoms with Gasteiger partial charge in [0, 0.05) is 55.0 Å². The van der Waals surface area contributed by atoms with Crippen LogP contribution in [0.15, 0.2) is 24.7 Å². The highest BCUT2D eigenvalue weighted by Gasteiger charge is 2.29. The number of rotatable bonds is 2. The zero-order valence-electron chi connectivity index (χ0n) is 17.7. The van der Waals surface area contributed by atoms with E-state index < -0.39 is 0 Å². The van der Waals surface area contributed by atoms with Gasteiger partial charge in [-0.25, -0.2) is 15.0 Å². The first-order chi connectivity index (χ1) is 12.6. The Bertz CT molecular complexity index is 743. The summed E-state index contributed by atoms with van der Waals surface area (Å²) in [6.07, 6.45) is 5.31. The Morgan fingerprint density at radius 1 is 0.926 bits per heavy atom. The summed E-state index contributed by atoms with van der Waals surface area (Å²) in [5.41, 5.74) is 1.01. The molecule has 6 nitrogen and oxygen atoms in total. The average molecular weight is 369 g/mol. The van der Waals surface area contributed by atoms with E-state index in [-0.39, 0.29) is 10.8 Å². The smallest absolute Gasteiger partial charge is 0.147 e. The Hall–Kier alpha value is -2.24. The molecular weight excluding hydrogens is 336 g/mol. The first-order valence-corrected chi connectivity index (χ1v) is 9.73. The molecule has 2 aromatic rings. The molecule has 0 bridgehead atoms. The summed E-state index contributed by atoms with van der Waals surface area (Å²) in [7, 11) is 0. The third-order valence-corrected chi connectivity index (χ3v) is 4.95. The molecule has 6 heteroatoms. The van der Waals surface area contributed by atoms with Crippen LogP contribution in [0.4, 0.5) is 11.6 Å². The summed E-state index contributed by atoms with van der Waals surface area (Å²) in [6, 6.07) is 2.50. The summed E-state index contributed by atoms with van der Waals surface area (Å²) in [5, 5.41) is 0. The van der Waals surface area contributed by atoms with E-state index >= 15 is 0 Å². The fourth-order valence-electron chi connectivity index (χ4n) is 3.26. The molecule has 3 rings (SSSR count). The van der Waals surface area contributed by atoms with Crippen molar-refractivity contribution >= 4 is 11.6 Å². The highest BCUT2D eigenvalue weighted by Crippen LogP contribution is 2.29. The molecular formula is C21H32N6. The van der Waals surface area contributed by atoms with Gasteiger partial charge in [-0.1, -0.05) is 41.5 Å². The quantitative estimate of drug-likeness (QED) is 0.808. The Labute approximate surface area is 163 Å². The van der Waals surface area contributed by atoms with E-state index in [1.807, 2.05) is 6.20 Å². The second-order valence-corrected chi connectivity index (χ2v) is 9.49. The zero-order valence-corrected chi connectivity index (χ0v) is 17.7. The van der Waals surface area contributed by atoms with Crippen molar-refractivity contribution < 1.29 is 0 Å². The molecule has 3 heterocycles. The van der Waals surface area contributed by atoms with E-state index in [2.05, 4.69) is 74.3 Å². The Kier molecular flexibility index (Phi) is 5.10. The second-order valence-electron chi connectivity index (χ2n) is 9.49. The third kappa shape index (κ3) is 4.37. The van der Waals surface area contributed by atoms with E-state index in [9.17, 15) is 0 Å². The van der Waals surface area contributed by atoms with Crippen LogP contribution >= 0.6 is 0 Å². The van der Waals surface area contributed by atoms with Gasteiger partial charge in [-0.15, -0.1) is 0 Å². The maximum atomic E-state index is 4.94. The molecule has 0 amide bonds. The number of piperazine rings is 1. The van der Waals surface area contributed by atoms with Crippen molar-refractivity contribution in [3.05, 3.63) is 36.2 Å². The van der Waals surface area contributed by atoms with E-state index in [0.29, 0.717) is 6.04 Å². The maximum Gasteiger partial charge on any atom is 0.147 e. The van der Waals surface area contributed by atoms with Crippen LogP contribution in [0, 0.1) is 0 Å². The van der Waals surface area contributed by atoms with E-state index in [1.165, 1.54) is 0 Å². The lowest BCUT2D eigenvalue weighted by Crippen LogP contribution is -2.52. The highest BCUT2D eigenvalue weighted by atomic mass is 15.3. The Morgan fingerprint density at radius 2 is 1.67 bits per heavy atom. The molecule has 0 spiro atoms. The molecule has 1 aliphatic rings. The zero-order chi connectivity index (χ0) is 19.8. The summed E-state index contributed by atoms with van der Waals surface area (Å²) in [5.74, 6) is 2.89. The van der Waals surface area contributed by atoms with Crippen molar-refractivity contribution in [3.63, 3.8) is 0 Å². The van der Waals surface area contributed by atoms with Crippen molar-refractivity contribution in [1.82, 2.24) is 19.9 Å².